The zero-order chi connectivity index (χ0) is 19.5. The smallest absolute Gasteiger partial charge is 0.407 e. The number of methoxy groups -OCH3 is 1. The van der Waals surface area contributed by atoms with Gasteiger partial charge in [0.1, 0.15) is 12.9 Å². The van der Waals surface area contributed by atoms with Crippen LogP contribution in [0.3, 0.4) is 0 Å². The third kappa shape index (κ3) is 6.34. The lowest BCUT2D eigenvalue weighted by Gasteiger charge is -2.13. The summed E-state index contributed by atoms with van der Waals surface area (Å²) in [4.78, 5) is 20.3. The number of aliphatic imine (C=N–C) groups is 1. The summed E-state index contributed by atoms with van der Waals surface area (Å²) in [7, 11) is 2.56. The highest BCUT2D eigenvalue weighted by Gasteiger charge is 2.17. The molecule has 0 bridgehead atoms. The standard InChI is InChI=1S/C16H20ClFN4O4/c1-4-5-10(9-19-16(23)25-2)14(22-26-3)15(21-24)20-11-6-7-13(18)12(17)8-11/h5-8,24H,4,9H2,1-3H3,(H,19,23)(H,20,21)/b10-5+,22-14+. The second-order valence-corrected chi connectivity index (χ2v) is 5.18. The maximum atomic E-state index is 13.3. The number of hydrogen-bond acceptors (Lipinski definition) is 6. The van der Waals surface area contributed by atoms with Crippen molar-refractivity contribution in [2.45, 2.75) is 13.3 Å². The van der Waals surface area contributed by atoms with E-state index in [1.807, 2.05) is 12.4 Å². The van der Waals surface area contributed by atoms with Gasteiger partial charge in [0, 0.05) is 12.1 Å². The molecule has 1 aromatic carbocycles. The fourth-order valence-corrected chi connectivity index (χ4v) is 2.07. The van der Waals surface area contributed by atoms with E-state index in [4.69, 9.17) is 16.4 Å². The van der Waals surface area contributed by atoms with Crippen LogP contribution in [0.15, 0.2) is 40.0 Å². The maximum Gasteiger partial charge on any atom is 0.407 e. The number of alkyl carbamates (subject to hydrolysis) is 1. The van der Waals surface area contributed by atoms with E-state index in [1.165, 1.54) is 26.4 Å². The highest BCUT2D eigenvalue weighted by molar-refractivity contribution is 6.47. The lowest BCUT2D eigenvalue weighted by Crippen LogP contribution is -2.35. The van der Waals surface area contributed by atoms with E-state index >= 15 is 0 Å². The van der Waals surface area contributed by atoms with Crippen molar-refractivity contribution in [2.75, 3.05) is 20.8 Å². The van der Waals surface area contributed by atoms with Crippen molar-refractivity contribution in [3.05, 3.63) is 40.7 Å². The van der Waals surface area contributed by atoms with Gasteiger partial charge in [0.15, 0.2) is 11.5 Å². The quantitative estimate of drug-likeness (QED) is 0.379. The van der Waals surface area contributed by atoms with E-state index in [0.29, 0.717) is 12.0 Å². The molecule has 3 N–H and O–H groups in total. The van der Waals surface area contributed by atoms with Gasteiger partial charge < -0.3 is 14.9 Å². The largest absolute Gasteiger partial charge is 0.453 e. The summed E-state index contributed by atoms with van der Waals surface area (Å²) < 4.78 is 17.8. The van der Waals surface area contributed by atoms with Crippen molar-refractivity contribution in [1.82, 2.24) is 10.8 Å². The number of carbonyl (C=O) groups is 1. The van der Waals surface area contributed by atoms with Gasteiger partial charge >= 0.3 is 6.09 Å². The first-order valence-electron chi connectivity index (χ1n) is 7.53. The van der Waals surface area contributed by atoms with Gasteiger partial charge in [-0.1, -0.05) is 29.8 Å². The van der Waals surface area contributed by atoms with Gasteiger partial charge in [0.05, 0.1) is 17.8 Å². The van der Waals surface area contributed by atoms with Crippen LogP contribution in [0.1, 0.15) is 13.3 Å². The van der Waals surface area contributed by atoms with Crippen LogP contribution in [-0.2, 0) is 9.57 Å². The van der Waals surface area contributed by atoms with E-state index in [1.54, 1.807) is 6.08 Å². The molecule has 0 saturated heterocycles. The molecule has 0 aliphatic carbocycles. The zero-order valence-electron chi connectivity index (χ0n) is 14.5. The highest BCUT2D eigenvalue weighted by Crippen LogP contribution is 2.22. The van der Waals surface area contributed by atoms with Crippen LogP contribution in [0, 0.1) is 5.82 Å². The molecule has 8 nitrogen and oxygen atoms in total. The summed E-state index contributed by atoms with van der Waals surface area (Å²) in [6, 6.07) is 3.80. The van der Waals surface area contributed by atoms with Crippen molar-refractivity contribution >= 4 is 34.9 Å². The Bertz CT molecular complexity index is 722. The summed E-state index contributed by atoms with van der Waals surface area (Å²) in [5, 5.41) is 15.7. The number of hydroxylamine groups is 1. The Labute approximate surface area is 155 Å². The predicted octanol–water partition coefficient (Wildman–Crippen LogP) is 3.18. The van der Waals surface area contributed by atoms with Crippen LogP contribution in [-0.4, -0.2) is 43.6 Å². The molecule has 0 saturated carbocycles. The Balaban J connectivity index is 3.25. The minimum Gasteiger partial charge on any atom is -0.453 e. The summed E-state index contributed by atoms with van der Waals surface area (Å²) in [5.41, 5.74) is 2.84. The number of hydrogen-bond donors (Lipinski definition) is 3. The Hall–Kier alpha value is -2.65. The molecular weight excluding hydrogens is 367 g/mol. The second-order valence-electron chi connectivity index (χ2n) is 4.78. The molecule has 0 atom stereocenters. The summed E-state index contributed by atoms with van der Waals surface area (Å²) in [5.74, 6) is -0.676. The number of carbonyl (C=O) groups excluding carboxylic acids is 1. The van der Waals surface area contributed by atoms with Gasteiger partial charge in [-0.2, -0.15) is 0 Å². The summed E-state index contributed by atoms with van der Waals surface area (Å²) >= 11 is 5.74. The van der Waals surface area contributed by atoms with Crippen molar-refractivity contribution in [3.8, 4) is 0 Å². The predicted molar refractivity (Wildman–Crippen MR) is 96.7 cm³/mol. The molecule has 10 heteroatoms. The van der Waals surface area contributed by atoms with Crippen LogP contribution < -0.4 is 10.8 Å². The van der Waals surface area contributed by atoms with Crippen LogP contribution in [0.5, 0.6) is 0 Å². The van der Waals surface area contributed by atoms with Crippen molar-refractivity contribution in [2.24, 2.45) is 10.1 Å². The molecule has 26 heavy (non-hydrogen) atoms. The average molecular weight is 387 g/mol. The Morgan fingerprint density at radius 3 is 2.69 bits per heavy atom. The minimum atomic E-state index is -0.635. The molecule has 0 aliphatic rings. The van der Waals surface area contributed by atoms with Gasteiger partial charge in [-0.15, -0.1) is 0 Å². The Kier molecular flexibility index (Phi) is 9.10. The van der Waals surface area contributed by atoms with Gasteiger partial charge in [0.2, 0.25) is 0 Å². The molecule has 1 aromatic rings. The fourth-order valence-electron chi connectivity index (χ4n) is 1.90. The van der Waals surface area contributed by atoms with Crippen LogP contribution >= 0.6 is 11.6 Å². The number of nitrogens with zero attached hydrogens (tertiary/aromatic N) is 2. The number of amides is 1. The topological polar surface area (TPSA) is 105 Å². The lowest BCUT2D eigenvalue weighted by molar-refractivity contribution is 0.172. The molecule has 0 radical (unpaired) electrons. The average Bonchev–Trinajstić information content (AvgIpc) is 2.64. The lowest BCUT2D eigenvalue weighted by atomic mass is 10.1. The molecular formula is C16H20ClFN4O4. The molecule has 0 fully saturated rings. The number of benzene rings is 1. The Morgan fingerprint density at radius 2 is 2.15 bits per heavy atom. The van der Waals surface area contributed by atoms with Crippen molar-refractivity contribution in [1.29, 1.82) is 0 Å². The fraction of sp³-hybridized carbons (Fsp3) is 0.312. The third-order valence-electron chi connectivity index (χ3n) is 3.02. The number of amidine groups is 1. The first kappa shape index (κ1) is 21.4. The molecule has 1 amide bonds. The molecule has 0 heterocycles. The number of rotatable bonds is 7. The second kappa shape index (κ2) is 11.1. The maximum absolute atomic E-state index is 13.3. The SMILES string of the molecule is CC/C=C(CNC(=O)OC)/C(=N\OC)C(=Nc1ccc(F)c(Cl)c1)NO. The monoisotopic (exact) mass is 386 g/mol. The third-order valence-corrected chi connectivity index (χ3v) is 3.31. The molecule has 1 rings (SSSR count). The number of oxime groups is 1. The van der Waals surface area contributed by atoms with Crippen LogP contribution in [0.4, 0.5) is 14.9 Å². The minimum absolute atomic E-state index is 0.0492. The Morgan fingerprint density at radius 1 is 1.42 bits per heavy atom. The molecule has 0 aliphatic heterocycles. The van der Waals surface area contributed by atoms with Crippen LogP contribution in [0.2, 0.25) is 5.02 Å². The van der Waals surface area contributed by atoms with Crippen molar-refractivity contribution in [3.63, 3.8) is 0 Å². The highest BCUT2D eigenvalue weighted by atomic mass is 35.5. The molecule has 0 aromatic heterocycles. The van der Waals surface area contributed by atoms with Crippen molar-refractivity contribution < 1.29 is 24.0 Å². The van der Waals surface area contributed by atoms with Gasteiger partial charge in [-0.25, -0.2) is 14.2 Å². The van der Waals surface area contributed by atoms with E-state index < -0.39 is 11.9 Å². The number of ether oxygens (including phenoxy) is 1. The van der Waals surface area contributed by atoms with Gasteiger partial charge in [-0.3, -0.25) is 10.7 Å². The van der Waals surface area contributed by atoms with E-state index in [2.05, 4.69) is 20.2 Å². The van der Waals surface area contributed by atoms with Gasteiger partial charge in [-0.05, 0) is 24.6 Å². The summed E-state index contributed by atoms with van der Waals surface area (Å²) in [6.07, 6.45) is 1.74. The first-order chi connectivity index (χ1) is 12.5. The molecule has 142 valence electrons. The zero-order valence-corrected chi connectivity index (χ0v) is 15.3. The molecule has 0 unspecified atom stereocenters. The first-order valence-corrected chi connectivity index (χ1v) is 7.91. The summed E-state index contributed by atoms with van der Waals surface area (Å²) in [6.45, 7) is 1.93. The van der Waals surface area contributed by atoms with E-state index in [0.717, 1.165) is 6.07 Å². The van der Waals surface area contributed by atoms with Crippen LogP contribution in [0.25, 0.3) is 0 Å². The number of allylic oxidation sites excluding steroid dienone is 1. The normalized spacial score (nSPS) is 12.6. The molecule has 0 spiro atoms. The van der Waals surface area contributed by atoms with E-state index in [9.17, 15) is 14.4 Å². The van der Waals surface area contributed by atoms with Gasteiger partial charge in [0.25, 0.3) is 0 Å². The van der Waals surface area contributed by atoms with E-state index in [-0.39, 0.29) is 28.8 Å². The number of halogens is 2. The number of nitrogens with one attached hydrogen (secondary N) is 2.